The Bertz CT molecular complexity index is 603. The van der Waals surface area contributed by atoms with Crippen LogP contribution in [0.5, 0.6) is 0 Å². The summed E-state index contributed by atoms with van der Waals surface area (Å²) in [6, 6.07) is 7.88. The van der Waals surface area contributed by atoms with Gasteiger partial charge in [0.05, 0.1) is 5.56 Å². The Morgan fingerprint density at radius 1 is 1.16 bits per heavy atom. The third-order valence-corrected chi connectivity index (χ3v) is 5.22. The summed E-state index contributed by atoms with van der Waals surface area (Å²) in [4.78, 5) is 13.7. The Balaban J connectivity index is 1.80. The van der Waals surface area contributed by atoms with Crippen molar-refractivity contribution in [2.24, 2.45) is 0 Å². The molecule has 0 saturated heterocycles. The van der Waals surface area contributed by atoms with Crippen LogP contribution in [0.4, 0.5) is 5.69 Å². The second kappa shape index (κ2) is 5.63. The zero-order valence-corrected chi connectivity index (χ0v) is 13.4. The van der Waals surface area contributed by atoms with Crippen LogP contribution in [-0.4, -0.2) is 5.91 Å². The number of fused-ring (bicyclic) bond motifs is 1. The third-order valence-electron chi connectivity index (χ3n) is 3.41. The maximum Gasteiger partial charge on any atom is 0.256 e. The van der Waals surface area contributed by atoms with Crippen molar-refractivity contribution in [3.05, 3.63) is 49.2 Å². The van der Waals surface area contributed by atoms with Crippen molar-refractivity contribution in [2.45, 2.75) is 25.7 Å². The number of benzene rings is 1. The van der Waals surface area contributed by atoms with Crippen LogP contribution in [0.15, 0.2) is 29.6 Å². The molecule has 1 amide bonds. The number of aryl methyl sites for hydroxylation is 1. The van der Waals surface area contributed by atoms with Gasteiger partial charge in [0.15, 0.2) is 0 Å². The molecule has 0 aliphatic heterocycles. The van der Waals surface area contributed by atoms with Crippen LogP contribution in [-0.2, 0) is 12.8 Å². The number of rotatable bonds is 2. The SMILES string of the molecule is O=C(Nc1ccc(I)cc1)c1csc2c1CCCC2. The summed E-state index contributed by atoms with van der Waals surface area (Å²) in [7, 11) is 0. The van der Waals surface area contributed by atoms with Crippen LogP contribution in [0.3, 0.4) is 0 Å². The fraction of sp³-hybridized carbons (Fsp3) is 0.267. The highest BCUT2D eigenvalue weighted by molar-refractivity contribution is 14.1. The molecule has 0 bridgehead atoms. The summed E-state index contributed by atoms with van der Waals surface area (Å²) in [5.41, 5.74) is 3.01. The second-order valence-corrected chi connectivity index (χ2v) is 6.93. The predicted molar refractivity (Wildman–Crippen MR) is 88.1 cm³/mol. The predicted octanol–water partition coefficient (Wildman–Crippen LogP) is 4.48. The van der Waals surface area contributed by atoms with Crippen molar-refractivity contribution in [2.75, 3.05) is 5.32 Å². The van der Waals surface area contributed by atoms with E-state index in [0.29, 0.717) is 0 Å². The molecule has 1 aromatic heterocycles. The van der Waals surface area contributed by atoms with Gasteiger partial charge in [0, 0.05) is 19.5 Å². The molecule has 0 saturated carbocycles. The highest BCUT2D eigenvalue weighted by Gasteiger charge is 2.19. The Hall–Kier alpha value is -0.880. The molecule has 0 spiro atoms. The van der Waals surface area contributed by atoms with Crippen LogP contribution >= 0.6 is 33.9 Å². The smallest absolute Gasteiger partial charge is 0.256 e. The first-order valence-corrected chi connectivity index (χ1v) is 8.36. The van der Waals surface area contributed by atoms with Gasteiger partial charge < -0.3 is 5.32 Å². The number of anilines is 1. The number of nitrogens with one attached hydrogen (secondary N) is 1. The van der Waals surface area contributed by atoms with E-state index in [1.165, 1.54) is 26.9 Å². The molecule has 0 radical (unpaired) electrons. The molecule has 19 heavy (non-hydrogen) atoms. The minimum atomic E-state index is 0.0283. The van der Waals surface area contributed by atoms with Gasteiger partial charge in [-0.1, -0.05) is 0 Å². The quantitative estimate of drug-likeness (QED) is 0.762. The normalized spacial score (nSPS) is 13.9. The summed E-state index contributed by atoms with van der Waals surface area (Å²) in [6.07, 6.45) is 4.64. The van der Waals surface area contributed by atoms with E-state index in [2.05, 4.69) is 27.9 Å². The van der Waals surface area contributed by atoms with Gasteiger partial charge in [-0.3, -0.25) is 4.79 Å². The molecule has 1 aliphatic carbocycles. The molecule has 2 nitrogen and oxygen atoms in total. The molecular weight excluding hydrogens is 369 g/mol. The topological polar surface area (TPSA) is 29.1 Å². The highest BCUT2D eigenvalue weighted by Crippen LogP contribution is 2.30. The van der Waals surface area contributed by atoms with Crippen molar-refractivity contribution in [1.29, 1.82) is 0 Å². The molecular formula is C15H14INOS. The average Bonchev–Trinajstić information content (AvgIpc) is 2.85. The Kier molecular flexibility index (Phi) is 3.88. The third kappa shape index (κ3) is 2.84. The molecule has 4 heteroatoms. The van der Waals surface area contributed by atoms with Gasteiger partial charge in [-0.2, -0.15) is 0 Å². The first kappa shape index (κ1) is 13.1. The molecule has 0 unspecified atom stereocenters. The van der Waals surface area contributed by atoms with Crippen LogP contribution < -0.4 is 5.32 Å². The highest BCUT2D eigenvalue weighted by atomic mass is 127. The van der Waals surface area contributed by atoms with E-state index in [4.69, 9.17) is 0 Å². The van der Waals surface area contributed by atoms with Crippen molar-refractivity contribution >= 4 is 45.5 Å². The standard InChI is InChI=1S/C15H14INOS/c16-10-5-7-11(8-6-10)17-15(18)13-9-19-14-4-2-1-3-12(13)14/h5-9H,1-4H2,(H,17,18). The summed E-state index contributed by atoms with van der Waals surface area (Å²) in [5.74, 6) is 0.0283. The van der Waals surface area contributed by atoms with E-state index in [0.717, 1.165) is 24.1 Å². The molecule has 1 N–H and O–H groups in total. The summed E-state index contributed by atoms with van der Waals surface area (Å²) >= 11 is 3.99. The number of hydrogen-bond donors (Lipinski definition) is 1. The number of amides is 1. The van der Waals surface area contributed by atoms with Crippen LogP contribution in [0.25, 0.3) is 0 Å². The zero-order chi connectivity index (χ0) is 13.2. The van der Waals surface area contributed by atoms with Gasteiger partial charge in [-0.05, 0) is 78.1 Å². The summed E-state index contributed by atoms with van der Waals surface area (Å²) < 4.78 is 1.17. The number of carbonyl (C=O) groups is 1. The van der Waals surface area contributed by atoms with Crippen molar-refractivity contribution < 1.29 is 4.79 Å². The fourth-order valence-electron chi connectivity index (χ4n) is 2.42. The average molecular weight is 383 g/mol. The van der Waals surface area contributed by atoms with Gasteiger partial charge in [0.1, 0.15) is 0 Å². The maximum atomic E-state index is 12.3. The minimum absolute atomic E-state index is 0.0283. The monoisotopic (exact) mass is 383 g/mol. The maximum absolute atomic E-state index is 12.3. The van der Waals surface area contributed by atoms with E-state index in [1.54, 1.807) is 11.3 Å². The Morgan fingerprint density at radius 3 is 2.68 bits per heavy atom. The molecule has 2 aromatic rings. The van der Waals surface area contributed by atoms with Gasteiger partial charge in [0.2, 0.25) is 0 Å². The Labute approximate surface area is 130 Å². The van der Waals surface area contributed by atoms with Crippen LogP contribution in [0.1, 0.15) is 33.6 Å². The molecule has 1 aromatic carbocycles. The van der Waals surface area contributed by atoms with Crippen LogP contribution in [0, 0.1) is 3.57 Å². The van der Waals surface area contributed by atoms with Gasteiger partial charge in [-0.25, -0.2) is 0 Å². The van der Waals surface area contributed by atoms with Gasteiger partial charge >= 0.3 is 0 Å². The molecule has 0 fully saturated rings. The van der Waals surface area contributed by atoms with Gasteiger partial charge in [0.25, 0.3) is 5.91 Å². The molecule has 3 rings (SSSR count). The zero-order valence-electron chi connectivity index (χ0n) is 10.4. The van der Waals surface area contributed by atoms with E-state index in [-0.39, 0.29) is 5.91 Å². The van der Waals surface area contributed by atoms with Crippen molar-refractivity contribution in [3.63, 3.8) is 0 Å². The minimum Gasteiger partial charge on any atom is -0.322 e. The molecule has 0 atom stereocenters. The summed E-state index contributed by atoms with van der Waals surface area (Å²) in [6.45, 7) is 0. The first-order valence-electron chi connectivity index (χ1n) is 6.40. The fourth-order valence-corrected chi connectivity index (χ4v) is 3.90. The lowest BCUT2D eigenvalue weighted by molar-refractivity contribution is 0.102. The Morgan fingerprint density at radius 2 is 1.89 bits per heavy atom. The van der Waals surface area contributed by atoms with Crippen molar-refractivity contribution in [1.82, 2.24) is 0 Å². The number of hydrogen-bond acceptors (Lipinski definition) is 2. The van der Waals surface area contributed by atoms with Crippen LogP contribution in [0.2, 0.25) is 0 Å². The molecule has 1 heterocycles. The van der Waals surface area contributed by atoms with E-state index < -0.39 is 0 Å². The summed E-state index contributed by atoms with van der Waals surface area (Å²) in [5, 5.41) is 5.00. The lowest BCUT2D eigenvalue weighted by Crippen LogP contribution is -2.14. The number of carbonyl (C=O) groups excluding carboxylic acids is 1. The number of thiophene rings is 1. The van der Waals surface area contributed by atoms with E-state index in [9.17, 15) is 4.79 Å². The van der Waals surface area contributed by atoms with Gasteiger partial charge in [-0.15, -0.1) is 11.3 Å². The van der Waals surface area contributed by atoms with E-state index in [1.807, 2.05) is 29.6 Å². The lowest BCUT2D eigenvalue weighted by Gasteiger charge is -2.12. The largest absolute Gasteiger partial charge is 0.322 e. The van der Waals surface area contributed by atoms with E-state index >= 15 is 0 Å². The first-order chi connectivity index (χ1) is 9.24. The lowest BCUT2D eigenvalue weighted by atomic mass is 9.95. The molecule has 1 aliphatic rings. The van der Waals surface area contributed by atoms with Crippen molar-refractivity contribution in [3.8, 4) is 0 Å². The second-order valence-electron chi connectivity index (χ2n) is 4.72. The molecule has 98 valence electrons. The number of halogens is 1.